The first-order valence-electron chi connectivity index (χ1n) is 19.1. The van der Waals surface area contributed by atoms with Crippen molar-refractivity contribution in [3.63, 3.8) is 0 Å². The molecule has 258 valence electrons. The molecule has 0 bridgehead atoms. The van der Waals surface area contributed by atoms with Gasteiger partial charge in [0.05, 0.1) is 0 Å². The van der Waals surface area contributed by atoms with Crippen LogP contribution >= 0.6 is 0 Å². The number of benzene rings is 6. The van der Waals surface area contributed by atoms with Crippen LogP contribution in [0.2, 0.25) is 4.75 Å². The van der Waals surface area contributed by atoms with Crippen LogP contribution in [-0.2, 0) is 5.41 Å². The third-order valence-corrected chi connectivity index (χ3v) is 23.9. The second-order valence-electron chi connectivity index (χ2n) is 15.7. The Hall–Kier alpha value is -5.78. The van der Waals surface area contributed by atoms with E-state index < -0.39 is 13.3 Å². The number of fused-ring (bicyclic) bond motifs is 10. The Labute approximate surface area is 318 Å². The molecule has 3 unspecified atom stereocenters. The summed E-state index contributed by atoms with van der Waals surface area (Å²) in [6, 6.07) is 53.9. The number of rotatable bonds is 4. The Balaban J connectivity index is 1.35. The van der Waals surface area contributed by atoms with E-state index in [4.69, 9.17) is 9.97 Å². The van der Waals surface area contributed by atoms with E-state index >= 15 is 0 Å². The minimum atomic E-state index is -3.66. The third-order valence-electron chi connectivity index (χ3n) is 12.6. The zero-order valence-electron chi connectivity index (χ0n) is 30.7. The number of aromatic nitrogens is 3. The fourth-order valence-electron chi connectivity index (χ4n) is 10.3. The molecule has 11 rings (SSSR count). The van der Waals surface area contributed by atoms with E-state index in [1.807, 2.05) is 0 Å². The van der Waals surface area contributed by atoms with Crippen molar-refractivity contribution in [3.05, 3.63) is 181 Å². The summed E-state index contributed by atoms with van der Waals surface area (Å²) in [5, 5.41) is 2.50. The van der Waals surface area contributed by atoms with Crippen molar-refractivity contribution in [2.24, 2.45) is 5.92 Å². The van der Waals surface area contributed by atoms with Gasteiger partial charge in [-0.2, -0.15) is 0 Å². The van der Waals surface area contributed by atoms with Gasteiger partial charge in [0.2, 0.25) is 0 Å². The van der Waals surface area contributed by atoms with Crippen molar-refractivity contribution in [1.82, 2.24) is 14.5 Å². The molecule has 8 aromatic rings. The molecule has 4 heteroatoms. The van der Waals surface area contributed by atoms with E-state index in [0.29, 0.717) is 10.7 Å². The second kappa shape index (κ2) is 11.6. The molecule has 0 saturated heterocycles. The summed E-state index contributed by atoms with van der Waals surface area (Å²) < 4.78 is 6.99. The maximum atomic E-state index is 5.84. The predicted octanol–water partition coefficient (Wildman–Crippen LogP) is 10.1. The van der Waals surface area contributed by atoms with Crippen molar-refractivity contribution >= 4 is 48.4 Å². The van der Waals surface area contributed by atoms with Crippen LogP contribution in [0.4, 0.5) is 0 Å². The summed E-state index contributed by atoms with van der Waals surface area (Å²) in [4.78, 5) is 11.6. The molecule has 0 amide bonds. The Kier molecular flexibility index (Phi) is 6.82. The number of allylic oxidation sites excluding steroid dienone is 4. The summed E-state index contributed by atoms with van der Waals surface area (Å²) in [6.45, 7) is 7.19. The average molecular weight is 754 g/mol. The molecule has 3 atom stereocenters. The molecule has 2 aromatic heterocycles. The van der Waals surface area contributed by atoms with Crippen LogP contribution in [0.3, 0.4) is 0 Å². The zero-order chi connectivity index (χ0) is 36.2. The molecule has 3 heterocycles. The molecule has 0 fully saturated rings. The van der Waals surface area contributed by atoms with Gasteiger partial charge in [0.1, 0.15) is 0 Å². The monoisotopic (exact) mass is 755 g/mol. The topological polar surface area (TPSA) is 30.7 Å². The second-order valence-corrected chi connectivity index (χ2v) is 23.9. The molecule has 6 aromatic carbocycles. The standard InChI is InChI=1S/C50H39GeN3/c1-32-18-10-15-27-41(32)51(34-21-8-5-9-22-34)42-28-16-12-25-39(42)44-47(51)52-48(33-19-6-4-7-20-33)53-49(44)54-43-29-17-13-24-36(43)38-31-30-37-35-23-11-14-26-40(35)50(2,3)45(37)46(38)54/h4-32,41H,1-3H3. The van der Waals surface area contributed by atoms with Crippen LogP contribution in [0.5, 0.6) is 0 Å². The van der Waals surface area contributed by atoms with E-state index in [1.165, 1.54) is 68.5 Å². The van der Waals surface area contributed by atoms with Crippen LogP contribution in [0.1, 0.15) is 31.9 Å². The number of para-hydroxylation sites is 1. The van der Waals surface area contributed by atoms with Crippen LogP contribution in [-0.4, -0.2) is 27.8 Å². The van der Waals surface area contributed by atoms with Gasteiger partial charge in [-0.3, -0.25) is 0 Å². The van der Waals surface area contributed by atoms with Crippen LogP contribution in [0, 0.1) is 5.92 Å². The first-order valence-corrected chi connectivity index (χ1v) is 23.5. The molecule has 3 nitrogen and oxygen atoms in total. The van der Waals surface area contributed by atoms with Gasteiger partial charge in [0, 0.05) is 0 Å². The summed E-state index contributed by atoms with van der Waals surface area (Å²) in [6.07, 6.45) is 9.40. The predicted molar refractivity (Wildman–Crippen MR) is 227 cm³/mol. The maximum absolute atomic E-state index is 5.84. The summed E-state index contributed by atoms with van der Waals surface area (Å²) >= 11 is -3.66. The molecule has 0 N–H and O–H groups in total. The fourth-order valence-corrected chi connectivity index (χ4v) is 22.6. The molecular weight excluding hydrogens is 715 g/mol. The van der Waals surface area contributed by atoms with Gasteiger partial charge >= 0.3 is 320 Å². The van der Waals surface area contributed by atoms with E-state index in [2.05, 4.69) is 195 Å². The van der Waals surface area contributed by atoms with E-state index in [0.717, 1.165) is 17.2 Å². The third kappa shape index (κ3) is 4.13. The van der Waals surface area contributed by atoms with Crippen molar-refractivity contribution in [2.75, 3.05) is 0 Å². The van der Waals surface area contributed by atoms with Gasteiger partial charge in [-0.15, -0.1) is 0 Å². The Morgan fingerprint density at radius 1 is 0.611 bits per heavy atom. The normalized spacial score (nSPS) is 20.2. The molecule has 3 aliphatic rings. The van der Waals surface area contributed by atoms with Crippen molar-refractivity contribution < 1.29 is 0 Å². The first kappa shape index (κ1) is 31.7. The Morgan fingerprint density at radius 2 is 1.30 bits per heavy atom. The van der Waals surface area contributed by atoms with Crippen molar-refractivity contribution in [2.45, 2.75) is 30.9 Å². The molecule has 0 saturated carbocycles. The number of hydrogen-bond acceptors (Lipinski definition) is 2. The van der Waals surface area contributed by atoms with E-state index in [1.54, 1.807) is 0 Å². The molecule has 54 heavy (non-hydrogen) atoms. The van der Waals surface area contributed by atoms with Crippen LogP contribution in [0.25, 0.3) is 61.3 Å². The van der Waals surface area contributed by atoms with E-state index in [-0.39, 0.29) is 5.41 Å². The van der Waals surface area contributed by atoms with Gasteiger partial charge < -0.3 is 0 Å². The van der Waals surface area contributed by atoms with Crippen molar-refractivity contribution in [1.29, 1.82) is 0 Å². The SMILES string of the molecule is CC1C=CC=C[CH]1[Ge]1([c]2ccccc2)[c]2ccccc2-c2c(-n3c4ccccc4c4ccc5c(c43)C(C)(C)c3ccccc3-5)nc(-c3ccccc3)n[c]21. The molecule has 1 aliphatic heterocycles. The van der Waals surface area contributed by atoms with E-state index in [9.17, 15) is 0 Å². The summed E-state index contributed by atoms with van der Waals surface area (Å²) in [5.74, 6) is 2.11. The first-order chi connectivity index (χ1) is 26.5. The fraction of sp³-hybridized carbons (Fsp3) is 0.120. The molecule has 2 aliphatic carbocycles. The average Bonchev–Trinajstić information content (AvgIpc) is 3.80. The summed E-state index contributed by atoms with van der Waals surface area (Å²) in [7, 11) is 0. The quantitative estimate of drug-likeness (QED) is 0.168. The molecule has 0 spiro atoms. The molecular formula is C50H39GeN3. The van der Waals surface area contributed by atoms with Gasteiger partial charge in [0.15, 0.2) is 0 Å². The van der Waals surface area contributed by atoms with Crippen LogP contribution in [0.15, 0.2) is 170 Å². The number of nitrogens with zero attached hydrogens (tertiary/aromatic N) is 3. The Bertz CT molecular complexity index is 2880. The van der Waals surface area contributed by atoms with Crippen molar-refractivity contribution in [3.8, 4) is 39.5 Å². The molecule has 0 radical (unpaired) electrons. The summed E-state index contributed by atoms with van der Waals surface area (Å²) in [5.41, 5.74) is 11.1. The minimum absolute atomic E-state index is 0.214. The van der Waals surface area contributed by atoms with Gasteiger partial charge in [-0.25, -0.2) is 0 Å². The van der Waals surface area contributed by atoms with Gasteiger partial charge in [-0.05, 0) is 0 Å². The van der Waals surface area contributed by atoms with Crippen LogP contribution < -0.4 is 13.3 Å². The Morgan fingerprint density at radius 3 is 2.11 bits per heavy atom. The zero-order valence-corrected chi connectivity index (χ0v) is 32.8. The number of hydrogen-bond donors (Lipinski definition) is 0. The van der Waals surface area contributed by atoms with Gasteiger partial charge in [-0.1, -0.05) is 0 Å². The van der Waals surface area contributed by atoms with Gasteiger partial charge in [0.25, 0.3) is 0 Å².